The molecule has 1 atom stereocenters. The van der Waals surface area contributed by atoms with Crippen LogP contribution in [0.25, 0.3) is 5.76 Å². The number of Topliss-reactive ketones (excluding diaryl/α,β-unsaturated/α-hetero) is 1. The number of benzene rings is 2. The van der Waals surface area contributed by atoms with Crippen LogP contribution in [0.2, 0.25) is 0 Å². The van der Waals surface area contributed by atoms with Gasteiger partial charge in [-0.2, -0.15) is 0 Å². The van der Waals surface area contributed by atoms with Gasteiger partial charge in [0, 0.05) is 18.5 Å². The van der Waals surface area contributed by atoms with Gasteiger partial charge in [0.25, 0.3) is 11.7 Å². The quantitative estimate of drug-likeness (QED) is 0.249. The Morgan fingerprint density at radius 3 is 2.47 bits per heavy atom. The van der Waals surface area contributed by atoms with E-state index in [1.165, 1.54) is 12.0 Å². The van der Waals surface area contributed by atoms with E-state index in [0.717, 1.165) is 0 Å². The molecule has 9 nitrogen and oxygen atoms in total. The summed E-state index contributed by atoms with van der Waals surface area (Å²) in [5, 5.41) is 19.9. The Hall–Kier alpha value is -4.01. The number of hydrogen-bond donors (Lipinski definition) is 2. The molecule has 34 heavy (non-hydrogen) atoms. The number of methoxy groups -OCH3 is 1. The molecule has 1 fully saturated rings. The maximum atomic E-state index is 13.1. The van der Waals surface area contributed by atoms with Crippen LogP contribution in [0.1, 0.15) is 42.9 Å². The number of ketones is 1. The number of amides is 1. The fourth-order valence-electron chi connectivity index (χ4n) is 4.18. The van der Waals surface area contributed by atoms with Crippen molar-refractivity contribution in [1.29, 1.82) is 0 Å². The highest BCUT2D eigenvalue weighted by Crippen LogP contribution is 2.43. The third kappa shape index (κ3) is 4.54. The molecule has 2 heterocycles. The van der Waals surface area contributed by atoms with Crippen molar-refractivity contribution < 1.29 is 38.8 Å². The fourth-order valence-corrected chi connectivity index (χ4v) is 4.18. The van der Waals surface area contributed by atoms with Crippen LogP contribution in [0.15, 0.2) is 48.0 Å². The minimum absolute atomic E-state index is 0.0143. The van der Waals surface area contributed by atoms with E-state index in [0.29, 0.717) is 47.6 Å². The molecule has 2 aromatic carbocycles. The van der Waals surface area contributed by atoms with E-state index in [1.54, 1.807) is 42.5 Å². The van der Waals surface area contributed by atoms with Gasteiger partial charge < -0.3 is 29.3 Å². The van der Waals surface area contributed by atoms with Crippen LogP contribution in [0.3, 0.4) is 0 Å². The van der Waals surface area contributed by atoms with Crippen LogP contribution in [0.5, 0.6) is 17.2 Å². The number of carboxylic acids is 1. The number of carbonyl (C=O) groups excluding carboxylic acids is 2. The van der Waals surface area contributed by atoms with Crippen LogP contribution >= 0.6 is 0 Å². The normalized spacial score (nSPS) is 18.4. The molecule has 0 radical (unpaired) electrons. The van der Waals surface area contributed by atoms with E-state index < -0.39 is 23.7 Å². The van der Waals surface area contributed by atoms with Gasteiger partial charge in [0.15, 0.2) is 11.5 Å². The molecule has 2 aliphatic rings. The number of rotatable bonds is 9. The zero-order chi connectivity index (χ0) is 24.2. The predicted molar refractivity (Wildman–Crippen MR) is 121 cm³/mol. The standard InChI is InChI=1S/C25H25NO8/c1-32-17-9-6-15(7-10-17)23(29)21-22(16-8-11-18-19(13-16)34-14-33-18)26(25(31)24(21)30)12-4-2-3-5-20(27)28/h6-11,13,22,29H,2-5,12,14H2,1H3,(H,27,28)/t22-/m0/s1. The number of ether oxygens (including phenoxy) is 3. The number of hydrogen-bond acceptors (Lipinski definition) is 7. The highest BCUT2D eigenvalue weighted by atomic mass is 16.7. The van der Waals surface area contributed by atoms with E-state index in [1.807, 2.05) is 0 Å². The number of unbranched alkanes of at least 4 members (excludes halogenated alkanes) is 2. The Labute approximate surface area is 196 Å². The van der Waals surface area contributed by atoms with Crippen molar-refractivity contribution in [2.75, 3.05) is 20.4 Å². The molecule has 2 aliphatic heterocycles. The van der Waals surface area contributed by atoms with E-state index in [4.69, 9.17) is 19.3 Å². The van der Waals surface area contributed by atoms with E-state index in [9.17, 15) is 19.5 Å². The highest BCUT2D eigenvalue weighted by Gasteiger charge is 2.46. The fraction of sp³-hybridized carbons (Fsp3) is 0.320. The van der Waals surface area contributed by atoms with Crippen LogP contribution in [0, 0.1) is 0 Å². The average Bonchev–Trinajstić information content (AvgIpc) is 3.40. The van der Waals surface area contributed by atoms with Crippen molar-refractivity contribution in [2.45, 2.75) is 31.7 Å². The van der Waals surface area contributed by atoms with E-state index in [2.05, 4.69) is 0 Å². The second kappa shape index (κ2) is 9.86. The summed E-state index contributed by atoms with van der Waals surface area (Å²) in [5.74, 6) is -1.00. The summed E-state index contributed by atoms with van der Waals surface area (Å²) in [6.45, 7) is 0.317. The second-order valence-corrected chi connectivity index (χ2v) is 8.04. The molecule has 1 saturated heterocycles. The molecule has 1 amide bonds. The Morgan fingerprint density at radius 2 is 1.76 bits per heavy atom. The zero-order valence-electron chi connectivity index (χ0n) is 18.7. The second-order valence-electron chi connectivity index (χ2n) is 8.04. The molecule has 9 heteroatoms. The maximum Gasteiger partial charge on any atom is 0.303 e. The number of fused-ring (bicyclic) bond motifs is 1. The van der Waals surface area contributed by atoms with Crippen LogP contribution < -0.4 is 14.2 Å². The topological polar surface area (TPSA) is 123 Å². The average molecular weight is 467 g/mol. The molecule has 0 spiro atoms. The van der Waals surface area contributed by atoms with Gasteiger partial charge in [0.1, 0.15) is 11.5 Å². The summed E-state index contributed by atoms with van der Waals surface area (Å²) in [6, 6.07) is 10.9. The molecular formula is C25H25NO8. The molecule has 0 aliphatic carbocycles. The monoisotopic (exact) mass is 467 g/mol. The first kappa shape index (κ1) is 23.2. The SMILES string of the molecule is COc1ccc(C(O)=C2C(=O)C(=O)N(CCCCCC(=O)O)[C@H]2c2ccc3c(c2)OCO3)cc1. The summed E-state index contributed by atoms with van der Waals surface area (Å²) in [5.41, 5.74) is 0.967. The van der Waals surface area contributed by atoms with Crippen molar-refractivity contribution in [3.8, 4) is 17.2 Å². The molecule has 2 N–H and O–H groups in total. The van der Waals surface area contributed by atoms with Gasteiger partial charge in [0.2, 0.25) is 6.79 Å². The summed E-state index contributed by atoms with van der Waals surface area (Å²) in [6.07, 6.45) is 1.62. The first-order chi connectivity index (χ1) is 16.4. The lowest BCUT2D eigenvalue weighted by Gasteiger charge is -2.25. The van der Waals surface area contributed by atoms with Crippen molar-refractivity contribution in [1.82, 2.24) is 4.90 Å². The number of carbonyl (C=O) groups is 3. The molecule has 4 rings (SSSR count). The number of aliphatic hydroxyl groups excluding tert-OH is 1. The lowest BCUT2D eigenvalue weighted by atomic mass is 9.95. The third-order valence-corrected chi connectivity index (χ3v) is 5.91. The lowest BCUT2D eigenvalue weighted by molar-refractivity contribution is -0.140. The Kier molecular flexibility index (Phi) is 6.72. The highest BCUT2D eigenvalue weighted by molar-refractivity contribution is 6.46. The molecule has 178 valence electrons. The van der Waals surface area contributed by atoms with Crippen LogP contribution in [-0.2, 0) is 14.4 Å². The van der Waals surface area contributed by atoms with Gasteiger partial charge in [0.05, 0.1) is 18.7 Å². The van der Waals surface area contributed by atoms with Crippen molar-refractivity contribution in [2.24, 2.45) is 0 Å². The molecule has 0 saturated carbocycles. The lowest BCUT2D eigenvalue weighted by Crippen LogP contribution is -2.30. The zero-order valence-corrected chi connectivity index (χ0v) is 18.7. The van der Waals surface area contributed by atoms with Crippen molar-refractivity contribution in [3.05, 3.63) is 59.2 Å². The first-order valence-corrected chi connectivity index (χ1v) is 10.9. The first-order valence-electron chi connectivity index (χ1n) is 10.9. The number of carboxylic acid groups (broad SMARTS) is 1. The molecule has 2 aromatic rings. The van der Waals surface area contributed by atoms with Gasteiger partial charge in [-0.05, 0) is 54.8 Å². The van der Waals surface area contributed by atoms with Crippen molar-refractivity contribution >= 4 is 23.4 Å². The minimum Gasteiger partial charge on any atom is -0.507 e. The summed E-state index contributed by atoms with van der Waals surface area (Å²) >= 11 is 0. The number of aliphatic hydroxyl groups is 1. The van der Waals surface area contributed by atoms with E-state index >= 15 is 0 Å². The van der Waals surface area contributed by atoms with Gasteiger partial charge in [-0.15, -0.1) is 0 Å². The third-order valence-electron chi connectivity index (χ3n) is 5.91. The Bertz CT molecular complexity index is 1140. The minimum atomic E-state index is -0.875. The van der Waals surface area contributed by atoms with Gasteiger partial charge >= 0.3 is 5.97 Å². The number of nitrogens with zero attached hydrogens (tertiary/aromatic N) is 1. The molecule has 0 aromatic heterocycles. The molecular weight excluding hydrogens is 442 g/mol. The largest absolute Gasteiger partial charge is 0.507 e. The predicted octanol–water partition coefficient (Wildman–Crippen LogP) is 3.49. The van der Waals surface area contributed by atoms with Crippen LogP contribution in [0.4, 0.5) is 0 Å². The Balaban J connectivity index is 1.70. The maximum absolute atomic E-state index is 13.1. The van der Waals surface area contributed by atoms with Crippen LogP contribution in [-0.4, -0.2) is 53.2 Å². The van der Waals surface area contributed by atoms with E-state index in [-0.39, 0.29) is 31.1 Å². The number of likely N-dealkylation sites (tertiary alicyclic amines) is 1. The molecule has 0 bridgehead atoms. The Morgan fingerprint density at radius 1 is 1.03 bits per heavy atom. The number of aliphatic carboxylic acids is 1. The smallest absolute Gasteiger partial charge is 0.303 e. The summed E-state index contributed by atoms with van der Waals surface area (Å²) in [7, 11) is 1.52. The van der Waals surface area contributed by atoms with Gasteiger partial charge in [-0.1, -0.05) is 12.5 Å². The van der Waals surface area contributed by atoms with Gasteiger partial charge in [-0.3, -0.25) is 14.4 Å². The molecule has 0 unspecified atom stereocenters. The van der Waals surface area contributed by atoms with Gasteiger partial charge in [-0.25, -0.2) is 0 Å². The van der Waals surface area contributed by atoms with Crippen molar-refractivity contribution in [3.63, 3.8) is 0 Å². The summed E-state index contributed by atoms with van der Waals surface area (Å²) in [4.78, 5) is 38.3. The summed E-state index contributed by atoms with van der Waals surface area (Å²) < 4.78 is 16.0.